The van der Waals surface area contributed by atoms with Crippen LogP contribution in [0.1, 0.15) is 58.4 Å². The Morgan fingerprint density at radius 3 is 2.64 bits per heavy atom. The van der Waals surface area contributed by atoms with Crippen molar-refractivity contribution in [2.75, 3.05) is 24.5 Å². The molecule has 2 aliphatic rings. The first-order valence-corrected chi connectivity index (χ1v) is 9.05. The molecule has 3 rings (SSSR count). The molecule has 0 aromatic heterocycles. The van der Waals surface area contributed by atoms with Crippen LogP contribution in [0.25, 0.3) is 0 Å². The minimum Gasteiger partial charge on any atom is -0.368 e. The van der Waals surface area contributed by atoms with Gasteiger partial charge in [0.1, 0.15) is 0 Å². The van der Waals surface area contributed by atoms with Crippen LogP contribution in [-0.4, -0.2) is 25.2 Å². The summed E-state index contributed by atoms with van der Waals surface area (Å²) in [5.41, 5.74) is 3.64. The minimum absolute atomic E-state index is 0.354. The Morgan fingerprint density at radius 1 is 1.14 bits per heavy atom. The Hall–Kier alpha value is -1.02. The summed E-state index contributed by atoms with van der Waals surface area (Å²) < 4.78 is 0. The van der Waals surface area contributed by atoms with E-state index in [-0.39, 0.29) is 0 Å². The molecule has 0 amide bonds. The number of benzene rings is 1. The van der Waals surface area contributed by atoms with E-state index in [1.54, 1.807) is 0 Å². The maximum atomic E-state index is 3.85. The van der Waals surface area contributed by atoms with E-state index in [1.807, 2.05) is 0 Å². The maximum absolute atomic E-state index is 3.85. The first kappa shape index (κ1) is 15.9. The van der Waals surface area contributed by atoms with Gasteiger partial charge in [-0.15, -0.1) is 0 Å². The highest BCUT2D eigenvalue weighted by atomic mass is 15.2. The van der Waals surface area contributed by atoms with Crippen molar-refractivity contribution in [3.63, 3.8) is 0 Å². The summed E-state index contributed by atoms with van der Waals surface area (Å²) >= 11 is 0. The summed E-state index contributed by atoms with van der Waals surface area (Å²) in [5.74, 6) is 0. The van der Waals surface area contributed by atoms with E-state index in [9.17, 15) is 0 Å². The van der Waals surface area contributed by atoms with Crippen LogP contribution in [0, 0.1) is 5.41 Å². The van der Waals surface area contributed by atoms with Crippen LogP contribution >= 0.6 is 0 Å². The third kappa shape index (κ3) is 3.84. The van der Waals surface area contributed by atoms with Gasteiger partial charge in [0, 0.05) is 30.9 Å². The molecule has 0 unspecified atom stereocenters. The average molecular weight is 300 g/mol. The Kier molecular flexibility index (Phi) is 4.49. The van der Waals surface area contributed by atoms with Crippen LogP contribution in [0.4, 0.5) is 5.69 Å². The van der Waals surface area contributed by atoms with Gasteiger partial charge in [0.25, 0.3) is 0 Å². The van der Waals surface area contributed by atoms with Crippen LogP contribution in [-0.2, 0) is 6.42 Å². The molecule has 0 atom stereocenters. The van der Waals surface area contributed by atoms with Crippen LogP contribution in [0.2, 0.25) is 0 Å². The molecule has 1 aromatic rings. The number of hydrogen-bond acceptors (Lipinski definition) is 2. The summed E-state index contributed by atoms with van der Waals surface area (Å²) in [6.45, 7) is 10.4. The predicted molar refractivity (Wildman–Crippen MR) is 95.6 cm³/mol. The van der Waals surface area contributed by atoms with Gasteiger partial charge in [0.2, 0.25) is 0 Å². The maximum Gasteiger partial charge on any atom is 0.0370 e. The number of rotatable bonds is 2. The van der Waals surface area contributed by atoms with Crippen LogP contribution < -0.4 is 10.2 Å². The first-order chi connectivity index (χ1) is 10.5. The monoisotopic (exact) mass is 300 g/mol. The van der Waals surface area contributed by atoms with E-state index in [1.165, 1.54) is 49.9 Å². The second-order valence-corrected chi connectivity index (χ2v) is 8.60. The van der Waals surface area contributed by atoms with E-state index in [2.05, 4.69) is 55.3 Å². The first-order valence-electron chi connectivity index (χ1n) is 9.05. The Morgan fingerprint density at radius 2 is 1.91 bits per heavy atom. The van der Waals surface area contributed by atoms with Gasteiger partial charge in [-0.2, -0.15) is 0 Å². The van der Waals surface area contributed by atoms with E-state index in [0.717, 1.165) is 19.5 Å². The summed E-state index contributed by atoms with van der Waals surface area (Å²) in [5, 5.41) is 3.85. The molecule has 1 aromatic carbocycles. The Labute approximate surface area is 136 Å². The Bertz CT molecular complexity index is 489. The fourth-order valence-electron chi connectivity index (χ4n) is 4.22. The van der Waals surface area contributed by atoms with Crippen LogP contribution in [0.5, 0.6) is 0 Å². The zero-order chi connectivity index (χ0) is 15.6. The molecule has 1 aliphatic heterocycles. The highest BCUT2D eigenvalue weighted by Gasteiger charge is 2.36. The van der Waals surface area contributed by atoms with Crippen molar-refractivity contribution in [3.8, 4) is 0 Å². The third-order valence-electron chi connectivity index (χ3n) is 5.20. The van der Waals surface area contributed by atoms with Gasteiger partial charge in [0.15, 0.2) is 0 Å². The Balaban J connectivity index is 1.74. The van der Waals surface area contributed by atoms with Gasteiger partial charge in [-0.3, -0.25) is 0 Å². The molecular weight excluding hydrogens is 268 g/mol. The third-order valence-corrected chi connectivity index (χ3v) is 5.20. The van der Waals surface area contributed by atoms with Crippen LogP contribution in [0.15, 0.2) is 24.3 Å². The lowest BCUT2D eigenvalue weighted by molar-refractivity contribution is 0.216. The summed E-state index contributed by atoms with van der Waals surface area (Å²) in [6.07, 6.45) is 8.06. The lowest BCUT2D eigenvalue weighted by Crippen LogP contribution is -2.61. The second-order valence-electron chi connectivity index (χ2n) is 8.60. The number of piperazine rings is 1. The molecule has 122 valence electrons. The van der Waals surface area contributed by atoms with E-state index in [4.69, 9.17) is 0 Å². The van der Waals surface area contributed by atoms with E-state index < -0.39 is 0 Å². The number of anilines is 1. The molecule has 1 saturated heterocycles. The smallest absolute Gasteiger partial charge is 0.0370 e. The molecule has 1 spiro atoms. The van der Waals surface area contributed by atoms with Gasteiger partial charge < -0.3 is 10.2 Å². The molecule has 1 saturated carbocycles. The second kappa shape index (κ2) is 6.23. The summed E-state index contributed by atoms with van der Waals surface area (Å²) in [4.78, 5) is 2.62. The number of nitrogens with zero attached hydrogens (tertiary/aromatic N) is 1. The molecule has 1 aliphatic carbocycles. The van der Waals surface area contributed by atoms with E-state index >= 15 is 0 Å². The van der Waals surface area contributed by atoms with Gasteiger partial charge in [-0.1, -0.05) is 52.2 Å². The summed E-state index contributed by atoms with van der Waals surface area (Å²) in [7, 11) is 0. The normalized spacial score (nSPS) is 22.0. The van der Waals surface area contributed by atoms with Crippen molar-refractivity contribution in [1.82, 2.24) is 5.32 Å². The van der Waals surface area contributed by atoms with Gasteiger partial charge in [-0.05, 0) is 42.4 Å². The van der Waals surface area contributed by atoms with Crippen molar-refractivity contribution in [2.45, 2.75) is 64.8 Å². The molecule has 1 N–H and O–H groups in total. The van der Waals surface area contributed by atoms with Crippen molar-refractivity contribution in [1.29, 1.82) is 0 Å². The average Bonchev–Trinajstić information content (AvgIpc) is 2.47. The standard InChI is InChI=1S/C20H32N2/c1-19(2,3)15-17-8-7-9-18(14-17)22-13-12-21-20(16-22)10-5-4-6-11-20/h7-9,14,21H,4-6,10-13,15-16H2,1-3H3. The largest absolute Gasteiger partial charge is 0.368 e. The fraction of sp³-hybridized carbons (Fsp3) is 0.700. The molecule has 2 fully saturated rings. The van der Waals surface area contributed by atoms with E-state index in [0.29, 0.717) is 11.0 Å². The lowest BCUT2D eigenvalue weighted by atomic mass is 9.80. The topological polar surface area (TPSA) is 15.3 Å². The van der Waals surface area contributed by atoms with Gasteiger partial charge in [-0.25, -0.2) is 0 Å². The molecule has 1 heterocycles. The molecule has 2 heteroatoms. The highest BCUT2D eigenvalue weighted by Crippen LogP contribution is 2.33. The zero-order valence-electron chi connectivity index (χ0n) is 14.6. The molecule has 0 radical (unpaired) electrons. The predicted octanol–water partition coefficient (Wildman–Crippen LogP) is 4.39. The molecular formula is C20H32N2. The molecule has 22 heavy (non-hydrogen) atoms. The molecule has 2 nitrogen and oxygen atoms in total. The summed E-state index contributed by atoms with van der Waals surface area (Å²) in [6, 6.07) is 9.25. The molecule has 0 bridgehead atoms. The highest BCUT2D eigenvalue weighted by molar-refractivity contribution is 5.50. The minimum atomic E-state index is 0.354. The van der Waals surface area contributed by atoms with Crippen molar-refractivity contribution < 1.29 is 0 Å². The number of hydrogen-bond donors (Lipinski definition) is 1. The SMILES string of the molecule is CC(C)(C)Cc1cccc(N2CCNC3(CCCCC3)C2)c1. The lowest BCUT2D eigenvalue weighted by Gasteiger charge is -2.47. The van der Waals surface area contributed by atoms with Gasteiger partial charge in [0.05, 0.1) is 0 Å². The quantitative estimate of drug-likeness (QED) is 0.871. The number of nitrogens with one attached hydrogen (secondary N) is 1. The zero-order valence-corrected chi connectivity index (χ0v) is 14.6. The van der Waals surface area contributed by atoms with Crippen molar-refractivity contribution in [2.24, 2.45) is 5.41 Å². The van der Waals surface area contributed by atoms with Crippen LogP contribution in [0.3, 0.4) is 0 Å². The van der Waals surface area contributed by atoms with Gasteiger partial charge >= 0.3 is 0 Å². The fourth-order valence-corrected chi connectivity index (χ4v) is 4.22. The van der Waals surface area contributed by atoms with Crippen molar-refractivity contribution >= 4 is 5.69 Å². The van der Waals surface area contributed by atoms with Crippen molar-refractivity contribution in [3.05, 3.63) is 29.8 Å².